The van der Waals surface area contributed by atoms with Gasteiger partial charge in [-0.2, -0.15) is 5.10 Å². The van der Waals surface area contributed by atoms with Gasteiger partial charge in [-0.25, -0.2) is 9.97 Å². The summed E-state index contributed by atoms with van der Waals surface area (Å²) < 4.78 is 5.27. The number of hydrogen-bond acceptors (Lipinski definition) is 6. The Morgan fingerprint density at radius 1 is 1.00 bits per heavy atom. The van der Waals surface area contributed by atoms with E-state index in [1.165, 1.54) is 0 Å². The first-order chi connectivity index (χ1) is 15.7. The van der Waals surface area contributed by atoms with Crippen LogP contribution in [0.25, 0.3) is 55.8 Å². The van der Waals surface area contributed by atoms with E-state index in [-0.39, 0.29) is 0 Å². The highest BCUT2D eigenvalue weighted by atomic mass is 16.3. The maximum Gasteiger partial charge on any atom is 0.138 e. The third-order valence-electron chi connectivity index (χ3n) is 5.56. The summed E-state index contributed by atoms with van der Waals surface area (Å²) in [4.78, 5) is 19.2. The van der Waals surface area contributed by atoms with E-state index in [0.29, 0.717) is 0 Å². The van der Waals surface area contributed by atoms with Gasteiger partial charge in [0.15, 0.2) is 0 Å². The van der Waals surface area contributed by atoms with Crippen LogP contribution < -0.4 is 4.90 Å². The number of anilines is 1. The molecule has 6 aromatic rings. The van der Waals surface area contributed by atoms with Crippen molar-refractivity contribution in [3.8, 4) is 33.8 Å². The summed E-state index contributed by atoms with van der Waals surface area (Å²) in [5.74, 6) is 0. The highest BCUT2D eigenvalue weighted by Gasteiger charge is 2.16. The summed E-state index contributed by atoms with van der Waals surface area (Å²) >= 11 is 0. The van der Waals surface area contributed by atoms with Gasteiger partial charge in [-0.15, -0.1) is 0 Å². The van der Waals surface area contributed by atoms with Gasteiger partial charge in [0.1, 0.15) is 16.9 Å². The lowest BCUT2D eigenvalue weighted by Crippen LogP contribution is -2.08. The van der Waals surface area contributed by atoms with Crippen molar-refractivity contribution in [2.24, 2.45) is 0 Å². The van der Waals surface area contributed by atoms with Gasteiger partial charge in [0.05, 0.1) is 41.3 Å². The minimum absolute atomic E-state index is 0.745. The van der Waals surface area contributed by atoms with Gasteiger partial charge in [-0.1, -0.05) is 0 Å². The van der Waals surface area contributed by atoms with E-state index in [4.69, 9.17) is 9.40 Å². The van der Waals surface area contributed by atoms with Crippen LogP contribution in [-0.4, -0.2) is 44.2 Å². The number of furan rings is 1. The average Bonchev–Trinajstić information content (AvgIpc) is 3.57. The Bertz CT molecular complexity index is 1560. The minimum atomic E-state index is 0.745. The SMILES string of the molecule is CN(C)c1cncc(-c2ccc3[nH]nc(-c4cc5c(-c6ccoc6)ccnc5[nH]4)c3n2)c1. The van der Waals surface area contributed by atoms with Crippen molar-refractivity contribution in [3.05, 3.63) is 67.5 Å². The Hall–Kier alpha value is -4.46. The van der Waals surface area contributed by atoms with Crippen molar-refractivity contribution in [1.29, 1.82) is 0 Å². The maximum atomic E-state index is 5.27. The first kappa shape index (κ1) is 18.3. The quantitative estimate of drug-likeness (QED) is 0.420. The Kier molecular flexibility index (Phi) is 4.04. The molecule has 6 heterocycles. The molecule has 0 saturated heterocycles. The molecule has 0 aliphatic carbocycles. The first-order valence-electron chi connectivity index (χ1n) is 10.2. The fourth-order valence-electron chi connectivity index (χ4n) is 3.88. The molecule has 0 amide bonds. The highest BCUT2D eigenvalue weighted by molar-refractivity contribution is 5.98. The molecule has 0 spiro atoms. The van der Waals surface area contributed by atoms with E-state index in [0.717, 1.165) is 61.5 Å². The fraction of sp³-hybridized carbons (Fsp3) is 0.0833. The molecule has 6 rings (SSSR count). The number of fused-ring (bicyclic) bond motifs is 2. The first-order valence-corrected chi connectivity index (χ1v) is 10.2. The molecule has 156 valence electrons. The predicted octanol–water partition coefficient (Wildman–Crippen LogP) is 4.89. The summed E-state index contributed by atoms with van der Waals surface area (Å²) in [6.45, 7) is 0. The molecule has 0 fully saturated rings. The number of nitrogens with one attached hydrogen (secondary N) is 2. The second-order valence-corrected chi connectivity index (χ2v) is 7.81. The van der Waals surface area contributed by atoms with Crippen molar-refractivity contribution < 1.29 is 4.42 Å². The van der Waals surface area contributed by atoms with E-state index >= 15 is 0 Å². The van der Waals surface area contributed by atoms with Crippen LogP contribution in [0.3, 0.4) is 0 Å². The van der Waals surface area contributed by atoms with Crippen LogP contribution in [0.1, 0.15) is 0 Å². The number of pyridine rings is 3. The van der Waals surface area contributed by atoms with Crippen LogP contribution in [0.2, 0.25) is 0 Å². The lowest BCUT2D eigenvalue weighted by Gasteiger charge is -2.12. The molecule has 0 unspecified atom stereocenters. The monoisotopic (exact) mass is 421 g/mol. The normalized spacial score (nSPS) is 11.4. The Balaban J connectivity index is 1.49. The minimum Gasteiger partial charge on any atom is -0.472 e. The summed E-state index contributed by atoms with van der Waals surface area (Å²) in [7, 11) is 3.99. The molecule has 2 N–H and O–H groups in total. The van der Waals surface area contributed by atoms with Crippen molar-refractivity contribution in [2.75, 3.05) is 19.0 Å². The van der Waals surface area contributed by atoms with Crippen LogP contribution in [0.15, 0.2) is 71.9 Å². The lowest BCUT2D eigenvalue weighted by atomic mass is 10.1. The Morgan fingerprint density at radius 2 is 1.94 bits per heavy atom. The number of nitrogens with zero attached hydrogens (tertiary/aromatic N) is 5. The van der Waals surface area contributed by atoms with Crippen LogP contribution in [0.5, 0.6) is 0 Å². The van der Waals surface area contributed by atoms with E-state index in [2.05, 4.69) is 37.3 Å². The van der Waals surface area contributed by atoms with Crippen molar-refractivity contribution >= 4 is 27.8 Å². The summed E-state index contributed by atoms with van der Waals surface area (Å²) in [5.41, 5.74) is 8.88. The predicted molar refractivity (Wildman–Crippen MR) is 124 cm³/mol. The van der Waals surface area contributed by atoms with E-state index in [1.807, 2.05) is 55.7 Å². The van der Waals surface area contributed by atoms with Crippen molar-refractivity contribution in [3.63, 3.8) is 0 Å². The van der Waals surface area contributed by atoms with Crippen LogP contribution in [0.4, 0.5) is 5.69 Å². The third-order valence-corrected chi connectivity index (χ3v) is 5.56. The number of hydrogen-bond donors (Lipinski definition) is 2. The average molecular weight is 421 g/mol. The zero-order valence-corrected chi connectivity index (χ0v) is 17.5. The van der Waals surface area contributed by atoms with Crippen LogP contribution >= 0.6 is 0 Å². The molecule has 0 aliphatic heterocycles. The molecule has 0 aliphatic rings. The smallest absolute Gasteiger partial charge is 0.138 e. The highest BCUT2D eigenvalue weighted by Crippen LogP contribution is 2.33. The fourth-order valence-corrected chi connectivity index (χ4v) is 3.88. The Labute approximate surface area is 183 Å². The van der Waals surface area contributed by atoms with Crippen molar-refractivity contribution in [2.45, 2.75) is 0 Å². The van der Waals surface area contributed by atoms with E-state index in [9.17, 15) is 0 Å². The van der Waals surface area contributed by atoms with Crippen molar-refractivity contribution in [1.82, 2.24) is 30.1 Å². The van der Waals surface area contributed by atoms with Gasteiger partial charge >= 0.3 is 0 Å². The second kappa shape index (κ2) is 7.05. The van der Waals surface area contributed by atoms with Gasteiger partial charge < -0.3 is 14.3 Å². The van der Waals surface area contributed by atoms with Gasteiger partial charge in [0.2, 0.25) is 0 Å². The molecule has 8 heteroatoms. The molecule has 0 saturated carbocycles. The van der Waals surface area contributed by atoms with Crippen LogP contribution in [-0.2, 0) is 0 Å². The molecule has 0 aromatic carbocycles. The number of aromatic amines is 2. The molecular weight excluding hydrogens is 402 g/mol. The largest absolute Gasteiger partial charge is 0.472 e. The molecule has 0 bridgehead atoms. The molecule has 8 nitrogen and oxygen atoms in total. The van der Waals surface area contributed by atoms with Gasteiger partial charge in [0.25, 0.3) is 0 Å². The Morgan fingerprint density at radius 3 is 2.78 bits per heavy atom. The van der Waals surface area contributed by atoms with Gasteiger partial charge in [0, 0.05) is 43.0 Å². The second-order valence-electron chi connectivity index (χ2n) is 7.81. The number of H-pyrrole nitrogens is 2. The summed E-state index contributed by atoms with van der Waals surface area (Å²) in [5, 5.41) is 8.63. The standard InChI is InChI=1S/C24H19N7O/c1-31(2)16-9-15(11-25-12-16)19-3-4-20-22(27-19)23(30-29-20)21-10-18-17(14-6-8-32-13-14)5-7-26-24(18)28-21/h3-13H,1-2H3,(H,26,28)(H,29,30). The number of rotatable bonds is 4. The molecule has 6 aromatic heterocycles. The third kappa shape index (κ3) is 2.92. The van der Waals surface area contributed by atoms with Crippen LogP contribution in [0, 0.1) is 0 Å². The molecule has 0 radical (unpaired) electrons. The molecule has 32 heavy (non-hydrogen) atoms. The zero-order valence-electron chi connectivity index (χ0n) is 17.5. The maximum absolute atomic E-state index is 5.27. The lowest BCUT2D eigenvalue weighted by molar-refractivity contribution is 0.568. The number of aromatic nitrogens is 6. The molecular formula is C24H19N7O. The van der Waals surface area contributed by atoms with E-state index in [1.54, 1.807) is 18.7 Å². The van der Waals surface area contributed by atoms with Gasteiger partial charge in [-0.3, -0.25) is 10.1 Å². The zero-order chi connectivity index (χ0) is 21.7. The van der Waals surface area contributed by atoms with Gasteiger partial charge in [-0.05, 0) is 42.0 Å². The molecule has 0 atom stereocenters. The topological polar surface area (TPSA) is 99.5 Å². The van der Waals surface area contributed by atoms with E-state index < -0.39 is 0 Å². The summed E-state index contributed by atoms with van der Waals surface area (Å²) in [6, 6.07) is 12.0. The summed E-state index contributed by atoms with van der Waals surface area (Å²) in [6.07, 6.45) is 8.84.